The van der Waals surface area contributed by atoms with Crippen LogP contribution in [0.3, 0.4) is 0 Å². The van der Waals surface area contributed by atoms with Crippen molar-refractivity contribution >= 4 is 5.96 Å². The molecule has 0 radical (unpaired) electrons. The molecule has 0 amide bonds. The normalized spacial score (nSPS) is 11.4. The van der Waals surface area contributed by atoms with Crippen molar-refractivity contribution in [1.82, 2.24) is 10.2 Å². The first-order valence-corrected chi connectivity index (χ1v) is 8.58. The second kappa shape index (κ2) is 11.1. The van der Waals surface area contributed by atoms with E-state index in [1.54, 1.807) is 25.5 Å². The van der Waals surface area contributed by atoms with Gasteiger partial charge in [-0.3, -0.25) is 4.99 Å². The number of halogens is 1. The van der Waals surface area contributed by atoms with Crippen molar-refractivity contribution in [2.75, 3.05) is 47.0 Å². The van der Waals surface area contributed by atoms with E-state index >= 15 is 0 Å². The molecule has 0 saturated heterocycles. The summed E-state index contributed by atoms with van der Waals surface area (Å²) in [7, 11) is 3.60. The quantitative estimate of drug-likeness (QED) is 0.399. The summed E-state index contributed by atoms with van der Waals surface area (Å²) in [5.74, 6) is 2.07. The molecule has 1 heterocycles. The lowest BCUT2D eigenvalue weighted by atomic mass is 10.3. The third kappa shape index (κ3) is 7.14. The molecule has 7 heteroatoms. The average Bonchev–Trinajstić information content (AvgIpc) is 3.15. The van der Waals surface area contributed by atoms with Crippen molar-refractivity contribution in [3.8, 4) is 5.75 Å². The minimum atomic E-state index is -0.275. The van der Waals surface area contributed by atoms with E-state index in [2.05, 4.69) is 10.3 Å². The lowest BCUT2D eigenvalue weighted by Crippen LogP contribution is -2.42. The number of hydrogen-bond acceptors (Lipinski definition) is 4. The van der Waals surface area contributed by atoms with Gasteiger partial charge in [0.1, 0.15) is 23.9 Å². The third-order valence-electron chi connectivity index (χ3n) is 3.66. The molecule has 1 N–H and O–H groups in total. The molecule has 0 spiro atoms. The van der Waals surface area contributed by atoms with Crippen LogP contribution in [0.25, 0.3) is 0 Å². The number of ether oxygens (including phenoxy) is 2. The first-order valence-electron chi connectivity index (χ1n) is 8.58. The Labute approximate surface area is 153 Å². The smallest absolute Gasteiger partial charge is 0.193 e. The maximum absolute atomic E-state index is 12.9. The summed E-state index contributed by atoms with van der Waals surface area (Å²) >= 11 is 0. The molecule has 1 aromatic carbocycles. The second-order valence-electron chi connectivity index (χ2n) is 5.68. The zero-order valence-corrected chi connectivity index (χ0v) is 15.3. The van der Waals surface area contributed by atoms with Crippen molar-refractivity contribution in [2.24, 2.45) is 4.99 Å². The van der Waals surface area contributed by atoms with E-state index in [9.17, 15) is 4.39 Å². The highest BCUT2D eigenvalue weighted by Crippen LogP contribution is 2.10. The predicted molar refractivity (Wildman–Crippen MR) is 99.1 cm³/mol. The van der Waals surface area contributed by atoms with E-state index in [1.165, 1.54) is 12.1 Å². The number of methoxy groups -OCH3 is 1. The highest BCUT2D eigenvalue weighted by Gasteiger charge is 2.07. The molecule has 26 heavy (non-hydrogen) atoms. The van der Waals surface area contributed by atoms with Crippen molar-refractivity contribution in [3.63, 3.8) is 0 Å². The molecule has 6 nitrogen and oxygen atoms in total. The van der Waals surface area contributed by atoms with Crippen LogP contribution in [0.1, 0.15) is 5.76 Å². The van der Waals surface area contributed by atoms with Gasteiger partial charge in [0.2, 0.25) is 0 Å². The maximum Gasteiger partial charge on any atom is 0.193 e. The van der Waals surface area contributed by atoms with E-state index in [0.29, 0.717) is 38.6 Å². The van der Waals surface area contributed by atoms with Crippen LogP contribution in [0.2, 0.25) is 0 Å². The Morgan fingerprint density at radius 2 is 2.04 bits per heavy atom. The fourth-order valence-corrected chi connectivity index (χ4v) is 2.24. The Hall–Kier alpha value is -2.54. The third-order valence-corrected chi connectivity index (χ3v) is 3.66. The van der Waals surface area contributed by atoms with Crippen molar-refractivity contribution < 1.29 is 18.3 Å². The van der Waals surface area contributed by atoms with Crippen LogP contribution in [0, 0.1) is 5.82 Å². The maximum atomic E-state index is 12.9. The molecule has 0 aliphatic carbocycles. The van der Waals surface area contributed by atoms with Crippen LogP contribution < -0.4 is 10.1 Å². The van der Waals surface area contributed by atoms with Crippen LogP contribution in [-0.2, 0) is 11.2 Å². The topological polar surface area (TPSA) is 59.2 Å². The molecular formula is C19H26FN3O3. The number of nitrogens with one attached hydrogen (secondary N) is 1. The predicted octanol–water partition coefficient (Wildman–Crippen LogP) is 2.56. The van der Waals surface area contributed by atoms with Crippen molar-refractivity contribution in [3.05, 3.63) is 54.2 Å². The second-order valence-corrected chi connectivity index (χ2v) is 5.68. The monoisotopic (exact) mass is 363 g/mol. The van der Waals surface area contributed by atoms with Gasteiger partial charge in [0.15, 0.2) is 5.96 Å². The lowest BCUT2D eigenvalue weighted by Gasteiger charge is -2.22. The number of hydrogen-bond donors (Lipinski definition) is 1. The molecule has 0 saturated carbocycles. The van der Waals surface area contributed by atoms with Crippen molar-refractivity contribution in [2.45, 2.75) is 6.42 Å². The molecule has 0 bridgehead atoms. The summed E-state index contributed by atoms with van der Waals surface area (Å²) in [6.45, 7) is 2.94. The number of aliphatic imine (C=N–C) groups is 1. The molecule has 2 aromatic rings. The van der Waals surface area contributed by atoms with Crippen LogP contribution in [-0.4, -0.2) is 57.9 Å². The molecule has 142 valence electrons. The Morgan fingerprint density at radius 3 is 2.73 bits per heavy atom. The Balaban J connectivity index is 1.80. The zero-order valence-electron chi connectivity index (χ0n) is 15.3. The van der Waals surface area contributed by atoms with Gasteiger partial charge in [-0.1, -0.05) is 0 Å². The zero-order chi connectivity index (χ0) is 18.6. The molecular weight excluding hydrogens is 337 g/mol. The van der Waals surface area contributed by atoms with E-state index in [0.717, 1.165) is 18.1 Å². The van der Waals surface area contributed by atoms with E-state index in [1.807, 2.05) is 24.1 Å². The van der Waals surface area contributed by atoms with Gasteiger partial charge >= 0.3 is 0 Å². The largest absolute Gasteiger partial charge is 0.492 e. The van der Waals surface area contributed by atoms with Gasteiger partial charge in [-0.2, -0.15) is 0 Å². The van der Waals surface area contributed by atoms with Crippen molar-refractivity contribution in [1.29, 1.82) is 0 Å². The number of guanidine groups is 1. The van der Waals surface area contributed by atoms with Gasteiger partial charge in [-0.15, -0.1) is 0 Å². The number of furan rings is 1. The molecule has 0 aliphatic heterocycles. The SMILES string of the molecule is COCCN=C(NCCc1ccco1)N(C)CCOc1ccc(F)cc1. The molecule has 0 fully saturated rings. The van der Waals surface area contributed by atoms with Crippen LogP contribution in [0.5, 0.6) is 5.75 Å². The number of rotatable bonds is 10. The molecule has 0 unspecified atom stereocenters. The van der Waals surface area contributed by atoms with Gasteiger partial charge in [-0.05, 0) is 36.4 Å². The average molecular weight is 363 g/mol. The Kier molecular flexibility index (Phi) is 8.48. The van der Waals surface area contributed by atoms with Gasteiger partial charge in [0.05, 0.1) is 26.0 Å². The van der Waals surface area contributed by atoms with Gasteiger partial charge in [0, 0.05) is 27.1 Å². The van der Waals surface area contributed by atoms with Gasteiger partial charge in [-0.25, -0.2) is 4.39 Å². The highest BCUT2D eigenvalue weighted by molar-refractivity contribution is 5.79. The van der Waals surface area contributed by atoms with E-state index in [4.69, 9.17) is 13.9 Å². The summed E-state index contributed by atoms with van der Waals surface area (Å²) in [6.07, 6.45) is 2.44. The number of nitrogens with zero attached hydrogens (tertiary/aromatic N) is 2. The minimum Gasteiger partial charge on any atom is -0.492 e. The summed E-state index contributed by atoms with van der Waals surface area (Å²) in [5.41, 5.74) is 0. The van der Waals surface area contributed by atoms with Gasteiger partial charge < -0.3 is 24.1 Å². The van der Waals surface area contributed by atoms with E-state index in [-0.39, 0.29) is 5.82 Å². The fraction of sp³-hybridized carbons (Fsp3) is 0.421. The molecule has 0 atom stereocenters. The summed E-state index contributed by atoms with van der Waals surface area (Å²) in [6, 6.07) is 9.82. The fourth-order valence-electron chi connectivity index (χ4n) is 2.24. The Morgan fingerprint density at radius 1 is 1.23 bits per heavy atom. The molecule has 2 rings (SSSR count). The van der Waals surface area contributed by atoms with E-state index < -0.39 is 0 Å². The molecule has 0 aliphatic rings. The summed E-state index contributed by atoms with van der Waals surface area (Å²) in [5, 5.41) is 3.33. The lowest BCUT2D eigenvalue weighted by molar-refractivity contribution is 0.207. The standard InChI is InChI=1S/C19H26FN3O3/c1-23(12-15-26-18-7-5-16(20)6-8-18)19(22-11-14-24-2)21-10-9-17-4-3-13-25-17/h3-8,13H,9-12,14-15H2,1-2H3,(H,21,22). The highest BCUT2D eigenvalue weighted by atomic mass is 19.1. The van der Waals surface area contributed by atoms with Crippen LogP contribution in [0.4, 0.5) is 4.39 Å². The van der Waals surface area contributed by atoms with Crippen LogP contribution >= 0.6 is 0 Å². The number of likely N-dealkylation sites (N-methyl/N-ethyl adjacent to an activating group) is 1. The van der Waals surface area contributed by atoms with Gasteiger partial charge in [0.25, 0.3) is 0 Å². The minimum absolute atomic E-state index is 0.275. The first kappa shape index (κ1) is 19.8. The first-order chi connectivity index (χ1) is 12.7. The summed E-state index contributed by atoms with van der Waals surface area (Å²) < 4.78 is 28.9. The van der Waals surface area contributed by atoms with Crippen LogP contribution in [0.15, 0.2) is 52.1 Å². The molecule has 1 aromatic heterocycles. The summed E-state index contributed by atoms with van der Waals surface area (Å²) in [4.78, 5) is 6.53. The number of benzene rings is 1. The Bertz CT molecular complexity index is 645.